The van der Waals surface area contributed by atoms with E-state index < -0.39 is 24.3 Å². The van der Waals surface area contributed by atoms with Gasteiger partial charge in [-0.2, -0.15) is 0 Å². The van der Waals surface area contributed by atoms with Crippen molar-refractivity contribution in [2.75, 3.05) is 20.5 Å². The van der Waals surface area contributed by atoms with Crippen LogP contribution in [0.1, 0.15) is 79.1 Å². The number of ether oxygens (including phenoxy) is 6. The number of cyclic esters (lactones) is 1. The van der Waals surface area contributed by atoms with Gasteiger partial charge in [-0.1, -0.05) is 73.3 Å². The Morgan fingerprint density at radius 3 is 2.67 bits per heavy atom. The van der Waals surface area contributed by atoms with E-state index in [2.05, 4.69) is 38.7 Å². The third-order valence-corrected chi connectivity index (χ3v) is 8.12. The lowest BCUT2D eigenvalue weighted by Crippen LogP contribution is -2.33. The Balaban J connectivity index is 1.87. The van der Waals surface area contributed by atoms with Gasteiger partial charge in [0.25, 0.3) is 0 Å². The zero-order valence-corrected chi connectivity index (χ0v) is 28.0. The predicted octanol–water partition coefficient (Wildman–Crippen LogP) is 6.71. The van der Waals surface area contributed by atoms with E-state index in [4.69, 9.17) is 28.4 Å². The number of hydrogen-bond donors (Lipinski definition) is 1. The van der Waals surface area contributed by atoms with Gasteiger partial charge >= 0.3 is 5.97 Å². The van der Waals surface area contributed by atoms with E-state index in [-0.39, 0.29) is 37.3 Å². The molecule has 3 rings (SSSR count). The van der Waals surface area contributed by atoms with Gasteiger partial charge < -0.3 is 33.5 Å². The molecule has 3 heterocycles. The third kappa shape index (κ3) is 14.8. The average molecular weight is 629 g/mol. The van der Waals surface area contributed by atoms with Crippen LogP contribution in [-0.4, -0.2) is 80.4 Å². The fourth-order valence-corrected chi connectivity index (χ4v) is 6.07. The minimum Gasteiger partial charge on any atom is -0.456 e. The number of rotatable bonds is 10. The fourth-order valence-electron chi connectivity index (χ4n) is 6.07. The summed E-state index contributed by atoms with van der Waals surface area (Å²) in [6, 6.07) is 0. The maximum Gasteiger partial charge on any atom is 0.330 e. The molecule has 2 bridgehead atoms. The van der Waals surface area contributed by atoms with Gasteiger partial charge in [-0.15, -0.1) is 0 Å². The van der Waals surface area contributed by atoms with E-state index in [0.717, 1.165) is 31.3 Å². The second-order valence-corrected chi connectivity index (χ2v) is 12.9. The Morgan fingerprint density at radius 2 is 1.91 bits per heavy atom. The molecule has 8 nitrogen and oxygen atoms in total. The summed E-state index contributed by atoms with van der Waals surface area (Å²) in [7, 11) is 1.56. The SMILES string of the molecule is C=C1C[C@H](C)C[C@@H]2CC=C[C@@H](C/C=C\C(=O)O[C@H]([C@H](/C=C/[C@@H]3CC(C)=CCO3)OCOC)C/C=C/[C@@H](O[C@H](C)C[C@@H](C)O)C1)O2. The van der Waals surface area contributed by atoms with E-state index in [0.29, 0.717) is 38.2 Å². The van der Waals surface area contributed by atoms with Crippen LogP contribution in [0.25, 0.3) is 0 Å². The number of aliphatic hydroxyl groups excluding tert-OH is 1. The van der Waals surface area contributed by atoms with Crippen molar-refractivity contribution >= 4 is 5.97 Å². The monoisotopic (exact) mass is 628 g/mol. The molecule has 0 aromatic carbocycles. The van der Waals surface area contributed by atoms with Crippen LogP contribution in [0.2, 0.25) is 0 Å². The molecule has 3 aliphatic heterocycles. The first kappa shape index (κ1) is 37.1. The van der Waals surface area contributed by atoms with Crippen LogP contribution in [0, 0.1) is 5.92 Å². The Bertz CT molecular complexity index is 1060. The highest BCUT2D eigenvalue weighted by Gasteiger charge is 2.25. The van der Waals surface area contributed by atoms with E-state index >= 15 is 0 Å². The lowest BCUT2D eigenvalue weighted by Gasteiger charge is -2.28. The van der Waals surface area contributed by atoms with Gasteiger partial charge in [0.2, 0.25) is 0 Å². The molecule has 0 radical (unpaired) electrons. The van der Waals surface area contributed by atoms with E-state index in [1.54, 1.807) is 14.0 Å². The van der Waals surface area contributed by atoms with Crippen LogP contribution in [0.15, 0.2) is 72.4 Å². The van der Waals surface area contributed by atoms with Gasteiger partial charge in [-0.25, -0.2) is 4.79 Å². The average Bonchev–Trinajstić information content (AvgIpc) is 2.96. The van der Waals surface area contributed by atoms with Crippen molar-refractivity contribution in [3.05, 3.63) is 72.4 Å². The molecule has 3 aliphatic rings. The second kappa shape index (κ2) is 20.0. The summed E-state index contributed by atoms with van der Waals surface area (Å²) in [5.74, 6) is -0.0424. The predicted molar refractivity (Wildman–Crippen MR) is 177 cm³/mol. The molecular formula is C37H56O8. The molecule has 8 heteroatoms. The highest BCUT2D eigenvalue weighted by atomic mass is 16.7. The van der Waals surface area contributed by atoms with Gasteiger partial charge in [-0.3, -0.25) is 0 Å². The quantitative estimate of drug-likeness (QED) is 0.162. The topological polar surface area (TPSA) is 92.7 Å². The number of esters is 1. The van der Waals surface area contributed by atoms with Crippen LogP contribution in [0.5, 0.6) is 0 Å². The molecule has 0 saturated carbocycles. The van der Waals surface area contributed by atoms with Crippen molar-refractivity contribution in [2.24, 2.45) is 5.92 Å². The molecule has 0 saturated heterocycles. The molecule has 0 unspecified atom stereocenters. The number of carbonyl (C=O) groups excluding carboxylic acids is 1. The fraction of sp³-hybridized carbons (Fsp3) is 0.649. The number of aliphatic hydroxyl groups is 1. The Labute approximate surface area is 270 Å². The molecule has 0 aromatic heterocycles. The molecule has 0 fully saturated rings. The number of methoxy groups -OCH3 is 1. The molecule has 252 valence electrons. The van der Waals surface area contributed by atoms with Gasteiger partial charge in [0.05, 0.1) is 43.2 Å². The second-order valence-electron chi connectivity index (χ2n) is 12.9. The lowest BCUT2D eigenvalue weighted by atomic mass is 9.91. The first-order chi connectivity index (χ1) is 21.6. The zero-order valence-electron chi connectivity index (χ0n) is 28.0. The standard InChI is InChI=1S/C37H56O8/c1-26-18-19-41-32(21-26)16-17-35(42-25-40-6)36-14-8-13-33(43-30(5)24-29(4)38)22-27(2)20-28(3)23-34-12-7-10-31(44-34)11-9-15-37(39)45-36/h7-10,13,15-18,28-36,38H,2,11-12,14,19-25H2,1,3-6H3/b13-8+,15-9-,17-16+/t28-,29+,30+,31-,32+,33+,34-,35-,36-/m0/s1. The zero-order chi connectivity index (χ0) is 32.6. The molecule has 0 amide bonds. The summed E-state index contributed by atoms with van der Waals surface area (Å²) in [4.78, 5) is 13.1. The lowest BCUT2D eigenvalue weighted by molar-refractivity contribution is -0.154. The van der Waals surface area contributed by atoms with Crippen molar-refractivity contribution in [3.8, 4) is 0 Å². The van der Waals surface area contributed by atoms with Crippen LogP contribution < -0.4 is 0 Å². The van der Waals surface area contributed by atoms with Gasteiger partial charge in [-0.05, 0) is 71.6 Å². The van der Waals surface area contributed by atoms with Crippen LogP contribution in [0.3, 0.4) is 0 Å². The van der Waals surface area contributed by atoms with Crippen molar-refractivity contribution in [3.63, 3.8) is 0 Å². The minimum atomic E-state index is -0.627. The summed E-state index contributed by atoms with van der Waals surface area (Å²) in [6.07, 6.45) is 21.1. The minimum absolute atomic E-state index is 0.0419. The van der Waals surface area contributed by atoms with Gasteiger partial charge in [0, 0.05) is 19.6 Å². The van der Waals surface area contributed by atoms with E-state index in [1.165, 1.54) is 11.6 Å². The van der Waals surface area contributed by atoms with Crippen molar-refractivity contribution in [2.45, 2.75) is 128 Å². The highest BCUT2D eigenvalue weighted by molar-refractivity contribution is 5.82. The van der Waals surface area contributed by atoms with E-state index in [1.807, 2.05) is 37.3 Å². The third-order valence-electron chi connectivity index (χ3n) is 8.12. The summed E-state index contributed by atoms with van der Waals surface area (Å²) in [5, 5.41) is 9.93. The Morgan fingerprint density at radius 1 is 1.11 bits per heavy atom. The van der Waals surface area contributed by atoms with Crippen LogP contribution in [0.4, 0.5) is 0 Å². The van der Waals surface area contributed by atoms with Crippen LogP contribution in [-0.2, 0) is 33.2 Å². The Kier molecular flexibility index (Phi) is 16.5. The summed E-state index contributed by atoms with van der Waals surface area (Å²) in [6.45, 7) is 13.1. The number of hydrogen-bond acceptors (Lipinski definition) is 8. The Hall–Kier alpha value is -2.33. The first-order valence-electron chi connectivity index (χ1n) is 16.5. The molecule has 1 N–H and O–H groups in total. The van der Waals surface area contributed by atoms with Crippen molar-refractivity contribution in [1.82, 2.24) is 0 Å². The van der Waals surface area contributed by atoms with Gasteiger partial charge in [0.1, 0.15) is 19.0 Å². The van der Waals surface area contributed by atoms with Crippen molar-refractivity contribution in [1.29, 1.82) is 0 Å². The molecule has 0 spiro atoms. The summed E-state index contributed by atoms with van der Waals surface area (Å²) >= 11 is 0. The number of carbonyl (C=O) groups is 1. The molecule has 9 atom stereocenters. The highest BCUT2D eigenvalue weighted by Crippen LogP contribution is 2.27. The number of fused-ring (bicyclic) bond motifs is 2. The maximum absolute atomic E-state index is 13.1. The molecular weight excluding hydrogens is 572 g/mol. The normalized spacial score (nSPS) is 32.5. The van der Waals surface area contributed by atoms with Crippen molar-refractivity contribution < 1.29 is 38.3 Å². The van der Waals surface area contributed by atoms with E-state index in [9.17, 15) is 9.90 Å². The molecule has 0 aromatic rings. The largest absolute Gasteiger partial charge is 0.456 e. The summed E-state index contributed by atoms with van der Waals surface area (Å²) < 4.78 is 35.9. The first-order valence-corrected chi connectivity index (χ1v) is 16.5. The van der Waals surface area contributed by atoms with Crippen LogP contribution >= 0.6 is 0 Å². The summed E-state index contributed by atoms with van der Waals surface area (Å²) in [5.41, 5.74) is 2.38. The molecule has 45 heavy (non-hydrogen) atoms. The van der Waals surface area contributed by atoms with Gasteiger partial charge in [0.15, 0.2) is 0 Å². The maximum atomic E-state index is 13.1. The smallest absolute Gasteiger partial charge is 0.330 e. The molecule has 0 aliphatic carbocycles.